The molecule has 0 spiro atoms. The van der Waals surface area contributed by atoms with E-state index in [0.29, 0.717) is 0 Å². The second-order valence-corrected chi connectivity index (χ2v) is 5.97. The van der Waals surface area contributed by atoms with Crippen molar-refractivity contribution in [1.82, 2.24) is 5.32 Å². The van der Waals surface area contributed by atoms with Gasteiger partial charge in [-0.25, -0.2) is 0 Å². The summed E-state index contributed by atoms with van der Waals surface area (Å²) in [5, 5.41) is 12.3. The van der Waals surface area contributed by atoms with Crippen LogP contribution in [0.15, 0.2) is 30.3 Å². The van der Waals surface area contributed by atoms with Crippen LogP contribution >= 0.6 is 0 Å². The third kappa shape index (κ3) is 3.55. The van der Waals surface area contributed by atoms with E-state index in [1.54, 1.807) is 0 Å². The Balaban J connectivity index is 2.86. The molecule has 0 saturated carbocycles. The number of carbonyl (C=O) groups excluding carboxylic acids is 1. The predicted octanol–water partition coefficient (Wildman–Crippen LogP) is 1.60. The van der Waals surface area contributed by atoms with Crippen molar-refractivity contribution >= 4 is 5.91 Å². The van der Waals surface area contributed by atoms with Gasteiger partial charge in [0.25, 0.3) is 0 Å². The van der Waals surface area contributed by atoms with Gasteiger partial charge in [0.2, 0.25) is 5.91 Å². The first-order valence-electron chi connectivity index (χ1n) is 6.46. The highest BCUT2D eigenvalue weighted by atomic mass is 16.3. The lowest BCUT2D eigenvalue weighted by Gasteiger charge is -2.38. The van der Waals surface area contributed by atoms with Gasteiger partial charge in [-0.2, -0.15) is 0 Å². The second kappa shape index (κ2) is 5.72. The number of aliphatic hydroxyl groups excluding tert-OH is 1. The Morgan fingerprint density at radius 1 is 1.26 bits per heavy atom. The highest BCUT2D eigenvalue weighted by Crippen LogP contribution is 2.29. The molecule has 0 saturated heterocycles. The Labute approximate surface area is 115 Å². The largest absolute Gasteiger partial charge is 0.394 e. The number of nitrogens with two attached hydrogens (primary N) is 1. The van der Waals surface area contributed by atoms with E-state index in [-0.39, 0.29) is 12.5 Å². The molecule has 0 aromatic heterocycles. The van der Waals surface area contributed by atoms with Crippen molar-refractivity contribution in [2.45, 2.75) is 39.3 Å². The van der Waals surface area contributed by atoms with Crippen LogP contribution in [0.4, 0.5) is 0 Å². The number of hydrogen-bond donors (Lipinski definition) is 3. The van der Waals surface area contributed by atoms with Crippen LogP contribution < -0.4 is 11.1 Å². The summed E-state index contributed by atoms with van der Waals surface area (Å²) in [6.45, 7) is 7.12. The summed E-state index contributed by atoms with van der Waals surface area (Å²) in [7, 11) is 0. The van der Waals surface area contributed by atoms with Gasteiger partial charge in [0.05, 0.1) is 18.1 Å². The normalized spacial score (nSPS) is 14.0. The fourth-order valence-corrected chi connectivity index (χ4v) is 1.55. The van der Waals surface area contributed by atoms with Crippen molar-refractivity contribution in [3.63, 3.8) is 0 Å². The van der Waals surface area contributed by atoms with Gasteiger partial charge in [-0.3, -0.25) is 4.79 Å². The van der Waals surface area contributed by atoms with Crippen molar-refractivity contribution < 1.29 is 9.90 Å². The minimum absolute atomic E-state index is 0.142. The maximum Gasteiger partial charge on any atom is 0.228 e. The SMILES string of the molecule is CC(C)(N)C(C)(C)C(=O)N[C@@H](CO)c1ccccc1. The Morgan fingerprint density at radius 3 is 2.21 bits per heavy atom. The molecule has 1 rings (SSSR count). The fourth-order valence-electron chi connectivity index (χ4n) is 1.55. The van der Waals surface area contributed by atoms with Gasteiger partial charge in [-0.15, -0.1) is 0 Å². The van der Waals surface area contributed by atoms with Crippen molar-refractivity contribution in [1.29, 1.82) is 0 Å². The van der Waals surface area contributed by atoms with E-state index in [9.17, 15) is 9.90 Å². The Hall–Kier alpha value is -1.39. The molecule has 0 aliphatic heterocycles. The van der Waals surface area contributed by atoms with E-state index >= 15 is 0 Å². The van der Waals surface area contributed by atoms with Crippen LogP contribution in [0.1, 0.15) is 39.3 Å². The molecular formula is C15H24N2O2. The van der Waals surface area contributed by atoms with E-state index < -0.39 is 17.0 Å². The maximum atomic E-state index is 12.4. The van der Waals surface area contributed by atoms with Crippen LogP contribution in [0.5, 0.6) is 0 Å². The highest BCUT2D eigenvalue weighted by molar-refractivity contribution is 5.83. The van der Waals surface area contributed by atoms with Gasteiger partial charge in [0.1, 0.15) is 0 Å². The molecule has 4 heteroatoms. The molecule has 1 aromatic carbocycles. The summed E-state index contributed by atoms with van der Waals surface area (Å²) in [6.07, 6.45) is 0. The van der Waals surface area contributed by atoms with Gasteiger partial charge < -0.3 is 16.2 Å². The molecule has 1 aromatic rings. The number of nitrogens with one attached hydrogen (secondary N) is 1. The molecule has 1 atom stereocenters. The van der Waals surface area contributed by atoms with Crippen LogP contribution in [0.3, 0.4) is 0 Å². The van der Waals surface area contributed by atoms with E-state index in [2.05, 4.69) is 5.32 Å². The first-order valence-corrected chi connectivity index (χ1v) is 6.46. The summed E-state index contributed by atoms with van der Waals surface area (Å²) < 4.78 is 0. The number of aliphatic hydroxyl groups is 1. The number of amides is 1. The average Bonchev–Trinajstić information content (AvgIpc) is 2.35. The van der Waals surface area contributed by atoms with Gasteiger partial charge in [-0.1, -0.05) is 30.3 Å². The zero-order valence-corrected chi connectivity index (χ0v) is 12.1. The van der Waals surface area contributed by atoms with E-state index in [1.807, 2.05) is 58.0 Å². The first kappa shape index (κ1) is 15.7. The molecule has 0 fully saturated rings. The van der Waals surface area contributed by atoms with Gasteiger partial charge in [-0.05, 0) is 33.3 Å². The van der Waals surface area contributed by atoms with Crippen LogP contribution in [0.2, 0.25) is 0 Å². The molecule has 0 heterocycles. The zero-order valence-electron chi connectivity index (χ0n) is 12.1. The van der Waals surface area contributed by atoms with Crippen LogP contribution in [-0.2, 0) is 4.79 Å². The first-order chi connectivity index (χ1) is 8.70. The lowest BCUT2D eigenvalue weighted by molar-refractivity contribution is -0.133. The molecule has 0 aliphatic carbocycles. The topological polar surface area (TPSA) is 75.4 Å². The minimum Gasteiger partial charge on any atom is -0.394 e. The predicted molar refractivity (Wildman–Crippen MR) is 76.5 cm³/mol. The van der Waals surface area contributed by atoms with Crippen LogP contribution in [0.25, 0.3) is 0 Å². The molecule has 19 heavy (non-hydrogen) atoms. The molecular weight excluding hydrogens is 240 g/mol. The highest BCUT2D eigenvalue weighted by Gasteiger charge is 2.41. The van der Waals surface area contributed by atoms with E-state index in [4.69, 9.17) is 5.73 Å². The zero-order chi connectivity index (χ0) is 14.7. The molecule has 1 amide bonds. The molecule has 0 radical (unpaired) electrons. The van der Waals surface area contributed by atoms with Gasteiger partial charge >= 0.3 is 0 Å². The molecule has 4 nitrogen and oxygen atoms in total. The number of rotatable bonds is 5. The van der Waals surface area contributed by atoms with Crippen molar-refractivity contribution in [3.8, 4) is 0 Å². The third-order valence-corrected chi connectivity index (χ3v) is 3.87. The summed E-state index contributed by atoms with van der Waals surface area (Å²) in [6, 6.07) is 9.00. The Bertz CT molecular complexity index is 422. The average molecular weight is 264 g/mol. The quantitative estimate of drug-likeness (QED) is 0.756. The van der Waals surface area contributed by atoms with Crippen molar-refractivity contribution in [2.75, 3.05) is 6.61 Å². The van der Waals surface area contributed by atoms with Crippen molar-refractivity contribution in [2.24, 2.45) is 11.1 Å². The van der Waals surface area contributed by atoms with Gasteiger partial charge in [0, 0.05) is 5.54 Å². The Kier molecular flexibility index (Phi) is 4.71. The van der Waals surface area contributed by atoms with E-state index in [1.165, 1.54) is 0 Å². The van der Waals surface area contributed by atoms with Crippen molar-refractivity contribution in [3.05, 3.63) is 35.9 Å². The summed E-state index contributed by atoms with van der Waals surface area (Å²) >= 11 is 0. The monoisotopic (exact) mass is 264 g/mol. The minimum atomic E-state index is -0.727. The lowest BCUT2D eigenvalue weighted by Crippen LogP contribution is -2.56. The summed E-state index contributed by atoms with van der Waals surface area (Å²) in [4.78, 5) is 12.4. The van der Waals surface area contributed by atoms with Gasteiger partial charge in [0.15, 0.2) is 0 Å². The van der Waals surface area contributed by atoms with Crippen LogP contribution in [0, 0.1) is 5.41 Å². The molecule has 0 aliphatic rings. The number of carbonyl (C=O) groups is 1. The number of hydrogen-bond acceptors (Lipinski definition) is 3. The maximum absolute atomic E-state index is 12.4. The summed E-state index contributed by atoms with van der Waals surface area (Å²) in [5.74, 6) is -0.164. The third-order valence-electron chi connectivity index (χ3n) is 3.87. The number of benzene rings is 1. The second-order valence-electron chi connectivity index (χ2n) is 5.97. The molecule has 106 valence electrons. The smallest absolute Gasteiger partial charge is 0.228 e. The standard InChI is InChI=1S/C15H24N2O2/c1-14(2,15(3,4)16)13(19)17-12(10-18)11-8-6-5-7-9-11/h5-9,12,18H,10,16H2,1-4H3,(H,17,19)/t12-/m0/s1. The lowest BCUT2D eigenvalue weighted by atomic mass is 9.74. The van der Waals surface area contributed by atoms with E-state index in [0.717, 1.165) is 5.56 Å². The Morgan fingerprint density at radius 2 is 1.79 bits per heavy atom. The summed E-state index contributed by atoms with van der Waals surface area (Å²) in [5.41, 5.74) is 5.55. The molecule has 4 N–H and O–H groups in total. The molecule has 0 bridgehead atoms. The molecule has 0 unspecified atom stereocenters. The van der Waals surface area contributed by atoms with Crippen LogP contribution in [-0.4, -0.2) is 23.2 Å². The fraction of sp³-hybridized carbons (Fsp3) is 0.533.